The van der Waals surface area contributed by atoms with Gasteiger partial charge in [0.2, 0.25) is 0 Å². The molecule has 3 heteroatoms. The van der Waals surface area contributed by atoms with Crippen LogP contribution in [0.15, 0.2) is 0 Å². The third kappa shape index (κ3) is 4.19. The van der Waals surface area contributed by atoms with Crippen LogP contribution in [0.3, 0.4) is 0 Å². The van der Waals surface area contributed by atoms with Gasteiger partial charge < -0.3 is 0 Å². The molecule has 2 nitrogen and oxygen atoms in total. The predicted octanol–water partition coefficient (Wildman–Crippen LogP) is 2.08. The smallest absolute Gasteiger partial charge is 0.198 e. The van der Waals surface area contributed by atoms with E-state index in [1.165, 1.54) is 0 Å². The first-order valence-electron chi connectivity index (χ1n) is 3.70. The van der Waals surface area contributed by atoms with E-state index in [4.69, 9.17) is 0 Å². The molecule has 0 atom stereocenters. The summed E-state index contributed by atoms with van der Waals surface area (Å²) in [6.07, 6.45) is 0. The topological polar surface area (TPSA) is 34.1 Å². The van der Waals surface area contributed by atoms with Crippen molar-refractivity contribution in [1.82, 2.24) is 0 Å². The van der Waals surface area contributed by atoms with Crippen LogP contribution in [-0.2, 0) is 9.59 Å². The van der Waals surface area contributed by atoms with Crippen LogP contribution >= 0.6 is 11.8 Å². The van der Waals surface area contributed by atoms with E-state index >= 15 is 0 Å². The highest BCUT2D eigenvalue weighted by Crippen LogP contribution is 2.15. The van der Waals surface area contributed by atoms with Crippen LogP contribution in [0.5, 0.6) is 0 Å². The van der Waals surface area contributed by atoms with Gasteiger partial charge in [-0.2, -0.15) is 0 Å². The zero-order valence-electron chi connectivity index (χ0n) is 7.38. The van der Waals surface area contributed by atoms with Crippen molar-refractivity contribution >= 4 is 22.0 Å². The van der Waals surface area contributed by atoms with E-state index in [0.29, 0.717) is 0 Å². The minimum Gasteiger partial charge on any atom is -0.286 e. The Morgan fingerprint density at radius 1 is 0.909 bits per heavy atom. The molecule has 0 bridgehead atoms. The van der Waals surface area contributed by atoms with Gasteiger partial charge >= 0.3 is 0 Å². The molecule has 0 aromatic carbocycles. The van der Waals surface area contributed by atoms with Gasteiger partial charge in [0.25, 0.3) is 0 Å². The minimum atomic E-state index is -0.0531. The average molecular weight is 174 g/mol. The Morgan fingerprint density at radius 3 is 1.36 bits per heavy atom. The van der Waals surface area contributed by atoms with Crippen LogP contribution in [0.1, 0.15) is 27.7 Å². The molecule has 0 N–H and O–H groups in total. The Balaban J connectivity index is 3.86. The van der Waals surface area contributed by atoms with Crippen molar-refractivity contribution in [3.63, 3.8) is 0 Å². The van der Waals surface area contributed by atoms with E-state index in [1.807, 2.05) is 0 Å². The normalized spacial score (nSPS) is 10.7. The summed E-state index contributed by atoms with van der Waals surface area (Å²) in [6.45, 7) is 7.18. The van der Waals surface area contributed by atoms with E-state index < -0.39 is 0 Å². The molecule has 0 saturated carbocycles. The van der Waals surface area contributed by atoms with Gasteiger partial charge in [-0.25, -0.2) is 0 Å². The maximum Gasteiger partial charge on any atom is 0.198 e. The van der Waals surface area contributed by atoms with Crippen molar-refractivity contribution in [1.29, 1.82) is 0 Å². The summed E-state index contributed by atoms with van der Waals surface area (Å²) in [5, 5.41) is -0.0765. The molecule has 0 amide bonds. The number of hydrogen-bond donors (Lipinski definition) is 0. The molecule has 0 unspecified atom stereocenters. The molecular formula is C8H14O2S. The van der Waals surface area contributed by atoms with Crippen LogP contribution in [0.2, 0.25) is 0 Å². The summed E-state index contributed by atoms with van der Waals surface area (Å²) < 4.78 is 0. The molecular weight excluding hydrogens is 160 g/mol. The highest BCUT2D eigenvalue weighted by molar-refractivity contribution is 8.26. The largest absolute Gasteiger partial charge is 0.286 e. The highest BCUT2D eigenvalue weighted by Gasteiger charge is 2.15. The van der Waals surface area contributed by atoms with Gasteiger partial charge in [0.1, 0.15) is 0 Å². The van der Waals surface area contributed by atoms with Crippen LogP contribution in [0, 0.1) is 11.8 Å². The van der Waals surface area contributed by atoms with E-state index in [2.05, 4.69) is 0 Å². The molecule has 0 aliphatic heterocycles. The third-order valence-corrected chi connectivity index (χ3v) is 2.49. The first-order chi connectivity index (χ1) is 4.95. The molecule has 0 aromatic heterocycles. The monoisotopic (exact) mass is 174 g/mol. The zero-order chi connectivity index (χ0) is 9.02. The van der Waals surface area contributed by atoms with Gasteiger partial charge in [0.05, 0.1) is 0 Å². The number of carbonyl (C=O) groups is 2. The molecule has 0 heterocycles. The van der Waals surface area contributed by atoms with Crippen LogP contribution in [-0.4, -0.2) is 10.2 Å². The molecule has 0 fully saturated rings. The Labute approximate surface area is 71.7 Å². The minimum absolute atomic E-state index is 0.0382. The number of rotatable bonds is 2. The number of thioether (sulfide) groups is 1. The van der Waals surface area contributed by atoms with Gasteiger partial charge in [0, 0.05) is 11.8 Å². The lowest BCUT2D eigenvalue weighted by Gasteiger charge is -2.03. The standard InChI is InChI=1S/C8H14O2S/c1-5(2)7(9)11-8(10)6(3)4/h5-6H,1-4H3. The SMILES string of the molecule is CC(C)C(=O)SC(=O)C(C)C. The lowest BCUT2D eigenvalue weighted by Crippen LogP contribution is -2.09. The second-order valence-electron chi connectivity index (χ2n) is 3.05. The third-order valence-electron chi connectivity index (χ3n) is 1.14. The summed E-state index contributed by atoms with van der Waals surface area (Å²) in [5.74, 6) is -0.106. The van der Waals surface area contributed by atoms with E-state index in [1.54, 1.807) is 27.7 Å². The maximum absolute atomic E-state index is 11.0. The van der Waals surface area contributed by atoms with Crippen molar-refractivity contribution in [3.8, 4) is 0 Å². The summed E-state index contributed by atoms with van der Waals surface area (Å²) in [6, 6.07) is 0. The molecule has 0 aliphatic carbocycles. The van der Waals surface area contributed by atoms with E-state index in [-0.39, 0.29) is 22.1 Å². The van der Waals surface area contributed by atoms with Crippen molar-refractivity contribution in [3.05, 3.63) is 0 Å². The van der Waals surface area contributed by atoms with Crippen molar-refractivity contribution in [2.75, 3.05) is 0 Å². The highest BCUT2D eigenvalue weighted by atomic mass is 32.2. The van der Waals surface area contributed by atoms with Crippen molar-refractivity contribution in [2.24, 2.45) is 11.8 Å². The fourth-order valence-corrected chi connectivity index (χ4v) is 1.00. The van der Waals surface area contributed by atoms with Crippen molar-refractivity contribution in [2.45, 2.75) is 27.7 Å². The molecule has 0 aliphatic rings. The molecule has 11 heavy (non-hydrogen) atoms. The zero-order valence-corrected chi connectivity index (χ0v) is 8.20. The molecule has 0 radical (unpaired) electrons. The first-order valence-corrected chi connectivity index (χ1v) is 4.52. The lowest BCUT2D eigenvalue weighted by atomic mass is 10.2. The van der Waals surface area contributed by atoms with Gasteiger partial charge in [-0.15, -0.1) is 0 Å². The van der Waals surface area contributed by atoms with Gasteiger partial charge in [0.15, 0.2) is 10.2 Å². The Kier molecular flexibility index (Phi) is 4.42. The van der Waals surface area contributed by atoms with Crippen LogP contribution in [0.4, 0.5) is 0 Å². The fourth-order valence-electron chi connectivity index (χ4n) is 0.335. The predicted molar refractivity (Wildman–Crippen MR) is 47.3 cm³/mol. The maximum atomic E-state index is 11.0. The quantitative estimate of drug-likeness (QED) is 0.642. The number of hydrogen-bond acceptors (Lipinski definition) is 3. The molecule has 0 aromatic rings. The second kappa shape index (κ2) is 4.54. The summed E-state index contributed by atoms with van der Waals surface area (Å²) in [7, 11) is 0. The van der Waals surface area contributed by atoms with E-state index in [0.717, 1.165) is 11.8 Å². The molecule has 0 spiro atoms. The first kappa shape index (κ1) is 10.7. The lowest BCUT2D eigenvalue weighted by molar-refractivity contribution is -0.115. The fraction of sp³-hybridized carbons (Fsp3) is 0.750. The van der Waals surface area contributed by atoms with Gasteiger partial charge in [-0.3, -0.25) is 9.59 Å². The number of carbonyl (C=O) groups excluding carboxylic acids is 2. The summed E-state index contributed by atoms with van der Waals surface area (Å²) >= 11 is 0.838. The van der Waals surface area contributed by atoms with Gasteiger partial charge in [-0.1, -0.05) is 27.7 Å². The summed E-state index contributed by atoms with van der Waals surface area (Å²) in [5.41, 5.74) is 0. The Hall–Kier alpha value is -0.310. The molecule has 64 valence electrons. The van der Waals surface area contributed by atoms with Crippen molar-refractivity contribution < 1.29 is 9.59 Å². The second-order valence-corrected chi connectivity index (χ2v) is 4.06. The Morgan fingerprint density at radius 2 is 1.18 bits per heavy atom. The average Bonchev–Trinajstić information content (AvgIpc) is 1.87. The molecule has 0 rings (SSSR count). The van der Waals surface area contributed by atoms with Crippen LogP contribution in [0.25, 0.3) is 0 Å². The molecule has 0 saturated heterocycles. The van der Waals surface area contributed by atoms with Gasteiger partial charge in [-0.05, 0) is 11.8 Å². The Bertz CT molecular complexity index is 143. The van der Waals surface area contributed by atoms with Crippen LogP contribution < -0.4 is 0 Å². The van der Waals surface area contributed by atoms with E-state index in [9.17, 15) is 9.59 Å². The summed E-state index contributed by atoms with van der Waals surface area (Å²) in [4.78, 5) is 22.0.